The SMILES string of the molecule is CCOC(=O)N(Br)c1ccccc1. The van der Waals surface area contributed by atoms with Crippen molar-refractivity contribution < 1.29 is 9.53 Å². The first-order chi connectivity index (χ1) is 6.25. The molecule has 70 valence electrons. The predicted molar refractivity (Wildman–Crippen MR) is 54.9 cm³/mol. The lowest BCUT2D eigenvalue weighted by Gasteiger charge is -2.13. The Morgan fingerprint density at radius 2 is 2.08 bits per heavy atom. The van der Waals surface area contributed by atoms with Gasteiger partial charge in [-0.1, -0.05) is 18.2 Å². The number of para-hydroxylation sites is 1. The molecule has 13 heavy (non-hydrogen) atoms. The second-order valence-electron chi connectivity index (χ2n) is 2.32. The quantitative estimate of drug-likeness (QED) is 0.748. The van der Waals surface area contributed by atoms with Crippen LogP contribution < -0.4 is 3.93 Å². The van der Waals surface area contributed by atoms with E-state index in [1.54, 1.807) is 6.92 Å². The van der Waals surface area contributed by atoms with Gasteiger partial charge in [0, 0.05) is 0 Å². The van der Waals surface area contributed by atoms with Crippen LogP contribution in [0.5, 0.6) is 0 Å². The summed E-state index contributed by atoms with van der Waals surface area (Å²) in [5.74, 6) is 0. The van der Waals surface area contributed by atoms with Crippen molar-refractivity contribution in [3.8, 4) is 0 Å². The fourth-order valence-electron chi connectivity index (χ4n) is 0.844. The van der Waals surface area contributed by atoms with Crippen LogP contribution >= 0.6 is 16.1 Å². The van der Waals surface area contributed by atoms with E-state index in [4.69, 9.17) is 4.74 Å². The Morgan fingerprint density at radius 3 is 2.62 bits per heavy atom. The van der Waals surface area contributed by atoms with Crippen molar-refractivity contribution >= 4 is 27.9 Å². The minimum absolute atomic E-state index is 0.369. The third kappa shape index (κ3) is 2.73. The van der Waals surface area contributed by atoms with E-state index in [0.29, 0.717) is 6.61 Å². The molecule has 0 saturated heterocycles. The first-order valence-corrected chi connectivity index (χ1v) is 4.64. The van der Waals surface area contributed by atoms with Crippen LogP contribution in [-0.2, 0) is 4.74 Å². The third-order valence-corrected chi connectivity index (χ3v) is 2.11. The van der Waals surface area contributed by atoms with E-state index in [-0.39, 0.29) is 0 Å². The van der Waals surface area contributed by atoms with Crippen LogP contribution in [0.3, 0.4) is 0 Å². The highest BCUT2D eigenvalue weighted by molar-refractivity contribution is 9.10. The number of carbonyl (C=O) groups excluding carboxylic acids is 1. The fourth-order valence-corrected chi connectivity index (χ4v) is 1.18. The van der Waals surface area contributed by atoms with Crippen LogP contribution in [-0.4, -0.2) is 12.7 Å². The number of nitrogens with zero attached hydrogens (tertiary/aromatic N) is 1. The van der Waals surface area contributed by atoms with Crippen LogP contribution in [0, 0.1) is 0 Å². The Labute approximate surface area is 85.6 Å². The van der Waals surface area contributed by atoms with Gasteiger partial charge in [-0.3, -0.25) is 0 Å². The van der Waals surface area contributed by atoms with Crippen LogP contribution in [0.2, 0.25) is 0 Å². The molecule has 0 aliphatic heterocycles. The summed E-state index contributed by atoms with van der Waals surface area (Å²) in [5, 5.41) is 0. The van der Waals surface area contributed by atoms with Gasteiger partial charge >= 0.3 is 6.09 Å². The lowest BCUT2D eigenvalue weighted by Crippen LogP contribution is -2.20. The molecule has 1 rings (SSSR count). The summed E-state index contributed by atoms with van der Waals surface area (Å²) in [6.45, 7) is 2.14. The maximum atomic E-state index is 11.2. The van der Waals surface area contributed by atoms with Crippen molar-refractivity contribution in [3.63, 3.8) is 0 Å². The molecule has 0 saturated carbocycles. The Morgan fingerprint density at radius 1 is 1.46 bits per heavy atom. The lowest BCUT2D eigenvalue weighted by molar-refractivity contribution is 0.165. The van der Waals surface area contributed by atoms with E-state index in [1.165, 1.54) is 3.93 Å². The van der Waals surface area contributed by atoms with Crippen molar-refractivity contribution in [1.82, 2.24) is 0 Å². The molecule has 0 fully saturated rings. The summed E-state index contributed by atoms with van der Waals surface area (Å²) >= 11 is 3.11. The Balaban J connectivity index is 2.68. The highest BCUT2D eigenvalue weighted by Crippen LogP contribution is 2.17. The van der Waals surface area contributed by atoms with Gasteiger partial charge in [0.25, 0.3) is 0 Å². The molecule has 0 heterocycles. The molecule has 0 unspecified atom stereocenters. The molecule has 0 N–H and O–H groups in total. The zero-order valence-corrected chi connectivity index (χ0v) is 8.82. The highest BCUT2D eigenvalue weighted by Gasteiger charge is 2.12. The molecule has 3 nitrogen and oxygen atoms in total. The molecule has 4 heteroatoms. The summed E-state index contributed by atoms with van der Waals surface area (Å²) in [7, 11) is 0. The second-order valence-corrected chi connectivity index (χ2v) is 3.02. The Bertz CT molecular complexity index is 276. The van der Waals surface area contributed by atoms with E-state index < -0.39 is 6.09 Å². The zero-order valence-electron chi connectivity index (χ0n) is 7.24. The topological polar surface area (TPSA) is 29.5 Å². The van der Waals surface area contributed by atoms with Crippen molar-refractivity contribution in [3.05, 3.63) is 30.3 Å². The average molecular weight is 244 g/mol. The molecule has 1 amide bonds. The van der Waals surface area contributed by atoms with Crippen LogP contribution in [0.15, 0.2) is 30.3 Å². The third-order valence-electron chi connectivity index (χ3n) is 1.41. The molecule has 1 aromatic rings. The maximum absolute atomic E-state index is 11.2. The number of amides is 1. The predicted octanol–water partition coefficient (Wildman–Crippen LogP) is 2.96. The number of halogens is 1. The molecule has 0 aliphatic rings. The van der Waals surface area contributed by atoms with Gasteiger partial charge in [0.2, 0.25) is 0 Å². The van der Waals surface area contributed by atoms with Gasteiger partial charge in [-0.15, -0.1) is 0 Å². The largest absolute Gasteiger partial charge is 0.449 e. The zero-order chi connectivity index (χ0) is 9.68. The van der Waals surface area contributed by atoms with Gasteiger partial charge in [0.15, 0.2) is 0 Å². The summed E-state index contributed by atoms with van der Waals surface area (Å²) in [6, 6.07) is 9.21. The molecular formula is C9H10BrNO2. The maximum Gasteiger partial charge on any atom is 0.424 e. The summed E-state index contributed by atoms with van der Waals surface area (Å²) in [6.07, 6.45) is -0.409. The first-order valence-electron chi connectivity index (χ1n) is 3.93. The average Bonchev–Trinajstić information content (AvgIpc) is 2.18. The van der Waals surface area contributed by atoms with Gasteiger partial charge in [0.05, 0.1) is 28.4 Å². The Kier molecular flexibility index (Phi) is 3.76. The molecule has 1 aromatic carbocycles. The molecule has 0 spiro atoms. The molecule has 0 radical (unpaired) electrons. The number of hydrogen-bond donors (Lipinski definition) is 0. The summed E-state index contributed by atoms with van der Waals surface area (Å²) in [4.78, 5) is 11.2. The standard InChI is InChI=1S/C9H10BrNO2/c1-2-13-9(12)11(10)8-6-4-3-5-7-8/h3-7H,2H2,1H3. The number of benzene rings is 1. The van der Waals surface area contributed by atoms with E-state index >= 15 is 0 Å². The Hall–Kier alpha value is -1.03. The van der Waals surface area contributed by atoms with Gasteiger partial charge in [-0.2, -0.15) is 0 Å². The van der Waals surface area contributed by atoms with Crippen molar-refractivity contribution in [2.75, 3.05) is 10.5 Å². The van der Waals surface area contributed by atoms with Crippen molar-refractivity contribution in [1.29, 1.82) is 0 Å². The number of hydrogen-bond acceptors (Lipinski definition) is 2. The second kappa shape index (κ2) is 4.87. The lowest BCUT2D eigenvalue weighted by atomic mass is 10.3. The minimum atomic E-state index is -0.409. The van der Waals surface area contributed by atoms with E-state index in [1.807, 2.05) is 30.3 Å². The number of carbonyl (C=O) groups is 1. The van der Waals surface area contributed by atoms with E-state index in [0.717, 1.165) is 5.69 Å². The number of rotatable bonds is 2. The number of ether oxygens (including phenoxy) is 1. The molecule has 0 atom stereocenters. The number of anilines is 1. The molecule has 0 aliphatic carbocycles. The van der Waals surface area contributed by atoms with Crippen LogP contribution in [0.4, 0.5) is 10.5 Å². The van der Waals surface area contributed by atoms with Crippen molar-refractivity contribution in [2.45, 2.75) is 6.92 Å². The van der Waals surface area contributed by atoms with Gasteiger partial charge in [-0.25, -0.2) is 8.72 Å². The first kappa shape index (κ1) is 10.1. The van der Waals surface area contributed by atoms with Crippen LogP contribution in [0.25, 0.3) is 0 Å². The highest BCUT2D eigenvalue weighted by atomic mass is 79.9. The smallest absolute Gasteiger partial charge is 0.424 e. The molecule has 0 bridgehead atoms. The molecule has 0 aromatic heterocycles. The monoisotopic (exact) mass is 243 g/mol. The van der Waals surface area contributed by atoms with Gasteiger partial charge in [-0.05, 0) is 19.1 Å². The van der Waals surface area contributed by atoms with Gasteiger partial charge in [0.1, 0.15) is 0 Å². The molecular weight excluding hydrogens is 234 g/mol. The summed E-state index contributed by atoms with van der Waals surface area (Å²) < 4.78 is 6.09. The van der Waals surface area contributed by atoms with E-state index in [9.17, 15) is 4.79 Å². The summed E-state index contributed by atoms with van der Waals surface area (Å²) in [5.41, 5.74) is 0.751. The van der Waals surface area contributed by atoms with Crippen molar-refractivity contribution in [2.24, 2.45) is 0 Å². The fraction of sp³-hybridized carbons (Fsp3) is 0.222. The normalized spacial score (nSPS) is 9.38. The minimum Gasteiger partial charge on any atom is -0.449 e. The van der Waals surface area contributed by atoms with E-state index in [2.05, 4.69) is 16.1 Å². The van der Waals surface area contributed by atoms with Crippen LogP contribution in [0.1, 0.15) is 6.92 Å². The van der Waals surface area contributed by atoms with Gasteiger partial charge < -0.3 is 4.74 Å².